The molecule has 0 aromatic carbocycles. The fourth-order valence-corrected chi connectivity index (χ4v) is 2.17. The maximum atomic E-state index is 3.88. The smallest absolute Gasteiger partial charge is 0.00929 e. The fraction of sp³-hybridized carbons (Fsp3) is 0.818. The van der Waals surface area contributed by atoms with E-state index in [1.54, 1.807) is 0 Å². The maximum absolute atomic E-state index is 3.88. The van der Waals surface area contributed by atoms with E-state index >= 15 is 0 Å². The molecule has 0 N–H and O–H groups in total. The van der Waals surface area contributed by atoms with Crippen molar-refractivity contribution in [2.45, 2.75) is 39.2 Å². The van der Waals surface area contributed by atoms with E-state index in [1.807, 2.05) is 0 Å². The van der Waals surface area contributed by atoms with Crippen LogP contribution in [0.1, 0.15) is 33.1 Å². The van der Waals surface area contributed by atoms with Gasteiger partial charge >= 0.3 is 0 Å². The van der Waals surface area contributed by atoms with Crippen LogP contribution < -0.4 is 0 Å². The lowest BCUT2D eigenvalue weighted by molar-refractivity contribution is 0.127. The number of rotatable bonds is 3. The van der Waals surface area contributed by atoms with Crippen LogP contribution in [0, 0.1) is 5.92 Å². The lowest BCUT2D eigenvalue weighted by Gasteiger charge is -2.37. The highest BCUT2D eigenvalue weighted by atomic mass is 15.2. The lowest BCUT2D eigenvalue weighted by atomic mass is 9.92. The molecule has 0 aliphatic carbocycles. The summed E-state index contributed by atoms with van der Waals surface area (Å²) in [6.07, 6.45) is 6.13. The minimum Gasteiger partial charge on any atom is -0.300 e. The second-order valence-corrected chi connectivity index (χ2v) is 3.72. The van der Waals surface area contributed by atoms with Crippen molar-refractivity contribution in [3.05, 3.63) is 12.7 Å². The first-order valence-electron chi connectivity index (χ1n) is 5.18. The van der Waals surface area contributed by atoms with Crippen LogP contribution in [0.2, 0.25) is 0 Å². The Morgan fingerprint density at radius 1 is 1.42 bits per heavy atom. The molecule has 1 aliphatic rings. The first-order valence-corrected chi connectivity index (χ1v) is 5.18. The zero-order valence-electron chi connectivity index (χ0n) is 8.42. The van der Waals surface area contributed by atoms with Crippen molar-refractivity contribution in [1.29, 1.82) is 0 Å². The lowest BCUT2D eigenvalue weighted by Crippen LogP contribution is -2.42. The molecule has 0 saturated carbocycles. The van der Waals surface area contributed by atoms with Crippen LogP contribution in [-0.2, 0) is 0 Å². The van der Waals surface area contributed by atoms with E-state index in [-0.39, 0.29) is 0 Å². The van der Waals surface area contributed by atoms with E-state index in [4.69, 9.17) is 0 Å². The van der Waals surface area contributed by atoms with Gasteiger partial charge in [-0.3, -0.25) is 0 Å². The molecule has 0 aromatic rings. The van der Waals surface area contributed by atoms with Crippen LogP contribution in [0.4, 0.5) is 0 Å². The number of nitrogens with zero attached hydrogens (tertiary/aromatic N) is 1. The van der Waals surface area contributed by atoms with Gasteiger partial charge in [0.2, 0.25) is 0 Å². The van der Waals surface area contributed by atoms with E-state index in [0.717, 1.165) is 12.0 Å². The standard InChI is InChI=1S/C11H21N/c1-4-10-7-8-11(5-2)12(6-3)9-10/h4,10-11H,1,5-9H2,2-3H3. The molecule has 0 aromatic heterocycles. The van der Waals surface area contributed by atoms with Crippen molar-refractivity contribution < 1.29 is 0 Å². The second-order valence-electron chi connectivity index (χ2n) is 3.72. The molecule has 2 unspecified atom stereocenters. The molecule has 1 nitrogen and oxygen atoms in total. The average Bonchev–Trinajstić information content (AvgIpc) is 2.16. The zero-order valence-corrected chi connectivity index (χ0v) is 8.42. The van der Waals surface area contributed by atoms with Crippen molar-refractivity contribution in [3.63, 3.8) is 0 Å². The van der Waals surface area contributed by atoms with Gasteiger partial charge in [0.15, 0.2) is 0 Å². The number of hydrogen-bond acceptors (Lipinski definition) is 1. The first kappa shape index (κ1) is 9.79. The molecule has 0 amide bonds. The molecule has 12 heavy (non-hydrogen) atoms. The van der Waals surface area contributed by atoms with E-state index in [9.17, 15) is 0 Å². The van der Waals surface area contributed by atoms with Gasteiger partial charge in [-0.05, 0) is 31.7 Å². The van der Waals surface area contributed by atoms with Crippen molar-refractivity contribution in [2.24, 2.45) is 5.92 Å². The molecule has 0 spiro atoms. The van der Waals surface area contributed by atoms with E-state index in [1.165, 1.54) is 32.4 Å². The zero-order chi connectivity index (χ0) is 8.97. The highest BCUT2D eigenvalue weighted by Crippen LogP contribution is 2.23. The summed E-state index contributed by atoms with van der Waals surface area (Å²) in [7, 11) is 0. The monoisotopic (exact) mass is 167 g/mol. The molecule has 1 saturated heterocycles. The third kappa shape index (κ3) is 2.10. The molecule has 0 bridgehead atoms. The summed E-state index contributed by atoms with van der Waals surface area (Å²) in [4.78, 5) is 2.59. The normalized spacial score (nSPS) is 31.8. The van der Waals surface area contributed by atoms with Crippen LogP contribution in [0.25, 0.3) is 0 Å². The van der Waals surface area contributed by atoms with Gasteiger partial charge in [0.05, 0.1) is 0 Å². The maximum Gasteiger partial charge on any atom is 0.00929 e. The van der Waals surface area contributed by atoms with Gasteiger partial charge in [0, 0.05) is 12.6 Å². The van der Waals surface area contributed by atoms with Gasteiger partial charge in [-0.25, -0.2) is 0 Å². The predicted octanol–water partition coefficient (Wildman–Crippen LogP) is 2.68. The minimum absolute atomic E-state index is 0.743. The van der Waals surface area contributed by atoms with Gasteiger partial charge in [-0.2, -0.15) is 0 Å². The van der Waals surface area contributed by atoms with Crippen LogP contribution >= 0.6 is 0 Å². The van der Waals surface area contributed by atoms with Crippen LogP contribution in [0.5, 0.6) is 0 Å². The quantitative estimate of drug-likeness (QED) is 0.584. The molecule has 1 aliphatic heterocycles. The Bertz CT molecular complexity index is 142. The third-order valence-corrected chi connectivity index (χ3v) is 3.07. The van der Waals surface area contributed by atoms with Crippen LogP contribution in [0.15, 0.2) is 12.7 Å². The number of likely N-dealkylation sites (tertiary alicyclic amines) is 1. The molecule has 2 atom stereocenters. The Balaban J connectivity index is 2.46. The largest absolute Gasteiger partial charge is 0.300 e. The highest BCUT2D eigenvalue weighted by molar-refractivity contribution is 4.88. The Labute approximate surface area is 76.5 Å². The minimum atomic E-state index is 0.743. The third-order valence-electron chi connectivity index (χ3n) is 3.07. The summed E-state index contributed by atoms with van der Waals surface area (Å²) in [6, 6.07) is 0.839. The molecule has 1 heterocycles. The summed E-state index contributed by atoms with van der Waals surface area (Å²) in [5.41, 5.74) is 0. The summed E-state index contributed by atoms with van der Waals surface area (Å²) in [5.74, 6) is 0.743. The second kappa shape index (κ2) is 4.66. The molecule has 70 valence electrons. The number of piperidine rings is 1. The summed E-state index contributed by atoms with van der Waals surface area (Å²) < 4.78 is 0. The molecular weight excluding hydrogens is 146 g/mol. The molecule has 1 fully saturated rings. The topological polar surface area (TPSA) is 3.24 Å². The van der Waals surface area contributed by atoms with Crippen molar-refractivity contribution in [2.75, 3.05) is 13.1 Å². The molecule has 0 radical (unpaired) electrons. The summed E-state index contributed by atoms with van der Waals surface area (Å²) >= 11 is 0. The molecular formula is C11H21N. The van der Waals surface area contributed by atoms with Crippen LogP contribution in [-0.4, -0.2) is 24.0 Å². The summed E-state index contributed by atoms with van der Waals surface area (Å²) in [5, 5.41) is 0. The van der Waals surface area contributed by atoms with Gasteiger partial charge in [0.25, 0.3) is 0 Å². The van der Waals surface area contributed by atoms with Gasteiger partial charge < -0.3 is 4.90 Å². The average molecular weight is 167 g/mol. The molecule has 1 heteroatoms. The van der Waals surface area contributed by atoms with Crippen molar-refractivity contribution >= 4 is 0 Å². The van der Waals surface area contributed by atoms with Crippen molar-refractivity contribution in [3.8, 4) is 0 Å². The summed E-state index contributed by atoms with van der Waals surface area (Å²) in [6.45, 7) is 10.9. The van der Waals surface area contributed by atoms with Gasteiger partial charge in [-0.1, -0.05) is 19.9 Å². The Kier molecular flexibility index (Phi) is 3.80. The Morgan fingerprint density at radius 3 is 2.67 bits per heavy atom. The predicted molar refractivity (Wildman–Crippen MR) is 54.2 cm³/mol. The SMILES string of the molecule is C=CC1CCC(CC)N(CC)C1. The Morgan fingerprint density at radius 2 is 2.17 bits per heavy atom. The van der Waals surface area contributed by atoms with Crippen LogP contribution in [0.3, 0.4) is 0 Å². The van der Waals surface area contributed by atoms with Gasteiger partial charge in [-0.15, -0.1) is 6.58 Å². The van der Waals surface area contributed by atoms with Crippen molar-refractivity contribution in [1.82, 2.24) is 4.90 Å². The van der Waals surface area contributed by atoms with E-state index < -0.39 is 0 Å². The molecule has 1 rings (SSSR count). The van der Waals surface area contributed by atoms with E-state index in [2.05, 4.69) is 31.4 Å². The Hall–Kier alpha value is -0.300. The highest BCUT2D eigenvalue weighted by Gasteiger charge is 2.23. The number of hydrogen-bond donors (Lipinski definition) is 0. The van der Waals surface area contributed by atoms with E-state index in [0.29, 0.717) is 0 Å². The van der Waals surface area contributed by atoms with Gasteiger partial charge in [0.1, 0.15) is 0 Å². The first-order chi connectivity index (χ1) is 5.81. The fourth-order valence-electron chi connectivity index (χ4n) is 2.17.